The molecule has 1 aromatic carbocycles. The number of fused-ring (bicyclic) bond motifs is 1. The Bertz CT molecular complexity index is 702. The van der Waals surface area contributed by atoms with Crippen molar-refractivity contribution in [3.8, 4) is 0 Å². The van der Waals surface area contributed by atoms with Gasteiger partial charge in [0.25, 0.3) is 5.17 Å². The molecule has 3 unspecified atom stereocenters. The van der Waals surface area contributed by atoms with Crippen molar-refractivity contribution in [3.05, 3.63) is 51.7 Å². The smallest absolute Gasteiger partial charge is 0.261 e. The van der Waals surface area contributed by atoms with E-state index >= 15 is 0 Å². The number of ether oxygens (including phenoxy) is 3. The second-order valence-electron chi connectivity index (χ2n) is 5.79. The van der Waals surface area contributed by atoms with Gasteiger partial charge in [-0.2, -0.15) is 0 Å². The van der Waals surface area contributed by atoms with Gasteiger partial charge >= 0.3 is 0 Å². The summed E-state index contributed by atoms with van der Waals surface area (Å²) in [5, 5.41) is 5.62. The Kier molecular flexibility index (Phi) is 5.50. The largest absolute Gasteiger partial charge is 0.467 e. The van der Waals surface area contributed by atoms with Crippen molar-refractivity contribution in [2.24, 2.45) is 0 Å². The highest BCUT2D eigenvalue weighted by Crippen LogP contribution is 2.38. The average Bonchev–Trinajstić information content (AvgIpc) is 3.03. The first-order chi connectivity index (χ1) is 11.6. The third-order valence-corrected chi connectivity index (χ3v) is 5.25. The molecule has 0 bridgehead atoms. The Morgan fingerprint density at radius 1 is 1.25 bits per heavy atom. The fourth-order valence-electron chi connectivity index (χ4n) is 3.03. The van der Waals surface area contributed by atoms with Crippen LogP contribution in [0.25, 0.3) is 0 Å². The first-order valence-electron chi connectivity index (χ1n) is 7.81. The molecule has 2 aromatic rings. The summed E-state index contributed by atoms with van der Waals surface area (Å²) in [5.74, 6) is 0. The Morgan fingerprint density at radius 3 is 2.71 bits per heavy atom. The number of methoxy groups -OCH3 is 2. The average molecular weight is 364 g/mol. The molecule has 0 aliphatic carbocycles. The van der Waals surface area contributed by atoms with Gasteiger partial charge in [0.2, 0.25) is 0 Å². The zero-order chi connectivity index (χ0) is 17.1. The van der Waals surface area contributed by atoms with Gasteiger partial charge in [0.15, 0.2) is 0 Å². The first kappa shape index (κ1) is 17.4. The molecule has 6 heteroatoms. The quantitative estimate of drug-likeness (QED) is 0.793. The lowest BCUT2D eigenvalue weighted by molar-refractivity contribution is -0.0379. The van der Waals surface area contributed by atoms with Crippen LogP contribution >= 0.6 is 23.6 Å². The first-order valence-corrected chi connectivity index (χ1v) is 9.10. The molecule has 3 atom stereocenters. The van der Waals surface area contributed by atoms with Crippen LogP contribution in [0.15, 0.2) is 35.7 Å². The lowest BCUT2D eigenvalue weighted by Gasteiger charge is -2.25. The Morgan fingerprint density at radius 2 is 2.04 bits per heavy atom. The molecule has 0 saturated heterocycles. The van der Waals surface area contributed by atoms with Crippen LogP contribution in [0.3, 0.4) is 0 Å². The highest BCUT2D eigenvalue weighted by atomic mass is 32.1. The molecule has 4 nitrogen and oxygen atoms in total. The van der Waals surface area contributed by atoms with Crippen LogP contribution in [0.5, 0.6) is 0 Å². The van der Waals surface area contributed by atoms with Crippen molar-refractivity contribution >= 4 is 34.4 Å². The SMILES string of the molecule is COC(c1ccc2c(c1)CC(C)OC(=S)N2)C(OC)c1cccs1. The lowest BCUT2D eigenvalue weighted by atomic mass is 9.97. The number of anilines is 1. The highest BCUT2D eigenvalue weighted by Gasteiger charge is 2.27. The summed E-state index contributed by atoms with van der Waals surface area (Å²) in [6, 6.07) is 10.3. The number of nitrogens with one attached hydrogen (secondary N) is 1. The van der Waals surface area contributed by atoms with Gasteiger partial charge in [0, 0.05) is 31.2 Å². The summed E-state index contributed by atoms with van der Waals surface area (Å²) < 4.78 is 17.1. The van der Waals surface area contributed by atoms with Gasteiger partial charge in [-0.3, -0.25) is 0 Å². The molecule has 0 spiro atoms. The molecule has 24 heavy (non-hydrogen) atoms. The van der Waals surface area contributed by atoms with Crippen LogP contribution in [0.1, 0.15) is 35.1 Å². The summed E-state index contributed by atoms with van der Waals surface area (Å²) in [5.41, 5.74) is 3.24. The van der Waals surface area contributed by atoms with Gasteiger partial charge in [0.1, 0.15) is 18.3 Å². The third kappa shape index (κ3) is 3.62. The maximum atomic E-state index is 5.79. The number of hydrogen-bond donors (Lipinski definition) is 1. The molecule has 3 rings (SSSR count). The van der Waals surface area contributed by atoms with E-state index in [9.17, 15) is 0 Å². The van der Waals surface area contributed by atoms with Gasteiger partial charge < -0.3 is 19.5 Å². The van der Waals surface area contributed by atoms with Crippen LogP contribution in [-0.2, 0) is 20.6 Å². The molecule has 0 saturated carbocycles. The van der Waals surface area contributed by atoms with Crippen molar-refractivity contribution in [2.75, 3.05) is 19.5 Å². The Hall–Kier alpha value is -1.47. The summed E-state index contributed by atoms with van der Waals surface area (Å²) in [6.07, 6.45) is 0.522. The van der Waals surface area contributed by atoms with Crippen LogP contribution in [-0.4, -0.2) is 25.5 Å². The predicted octanol–water partition coefficient (Wildman–Crippen LogP) is 4.48. The van der Waals surface area contributed by atoms with Crippen molar-refractivity contribution in [2.45, 2.75) is 31.7 Å². The molecule has 1 aliphatic heterocycles. The lowest BCUT2D eigenvalue weighted by Crippen LogP contribution is -2.16. The summed E-state index contributed by atoms with van der Waals surface area (Å²) in [4.78, 5) is 1.15. The van der Waals surface area contributed by atoms with Crippen molar-refractivity contribution in [1.29, 1.82) is 0 Å². The summed E-state index contributed by atoms with van der Waals surface area (Å²) >= 11 is 6.86. The molecule has 1 aromatic heterocycles. The second kappa shape index (κ2) is 7.61. The van der Waals surface area contributed by atoms with Crippen LogP contribution in [0.2, 0.25) is 0 Å². The molecule has 0 amide bonds. The van der Waals surface area contributed by atoms with Gasteiger partial charge in [-0.05, 0) is 47.8 Å². The van der Waals surface area contributed by atoms with Gasteiger partial charge in [0.05, 0.1) is 0 Å². The van der Waals surface area contributed by atoms with E-state index in [1.165, 1.54) is 5.56 Å². The summed E-state index contributed by atoms with van der Waals surface area (Å²) in [6.45, 7) is 2.02. The van der Waals surface area contributed by atoms with E-state index in [1.54, 1.807) is 25.6 Å². The predicted molar refractivity (Wildman–Crippen MR) is 101 cm³/mol. The number of thiophene rings is 1. The molecule has 1 N–H and O–H groups in total. The van der Waals surface area contributed by atoms with Crippen LogP contribution in [0.4, 0.5) is 5.69 Å². The fraction of sp³-hybridized carbons (Fsp3) is 0.389. The number of benzene rings is 1. The van der Waals surface area contributed by atoms with Crippen molar-refractivity contribution in [3.63, 3.8) is 0 Å². The van der Waals surface area contributed by atoms with E-state index in [0.717, 1.165) is 22.5 Å². The molecule has 1 aliphatic rings. The molecule has 0 fully saturated rings. The van der Waals surface area contributed by atoms with Crippen molar-refractivity contribution < 1.29 is 14.2 Å². The maximum Gasteiger partial charge on any atom is 0.261 e. The molecule has 128 valence electrons. The minimum absolute atomic E-state index is 0.0398. The maximum absolute atomic E-state index is 5.79. The zero-order valence-electron chi connectivity index (χ0n) is 13.9. The highest BCUT2D eigenvalue weighted by molar-refractivity contribution is 7.80. The molecule has 0 radical (unpaired) electrons. The minimum atomic E-state index is -0.176. The number of hydrogen-bond acceptors (Lipinski definition) is 5. The Balaban J connectivity index is 1.94. The van der Waals surface area contributed by atoms with Crippen molar-refractivity contribution in [1.82, 2.24) is 0 Å². The molecule has 2 heterocycles. The van der Waals surface area contributed by atoms with E-state index in [4.69, 9.17) is 26.4 Å². The number of rotatable bonds is 5. The zero-order valence-corrected chi connectivity index (χ0v) is 15.6. The van der Waals surface area contributed by atoms with Gasteiger partial charge in [-0.15, -0.1) is 11.3 Å². The number of thiocarbonyl (C=S) groups is 1. The van der Waals surface area contributed by atoms with Gasteiger partial charge in [-0.25, -0.2) is 0 Å². The molecular weight excluding hydrogens is 342 g/mol. The van der Waals surface area contributed by atoms with E-state index < -0.39 is 0 Å². The van der Waals surface area contributed by atoms with E-state index in [-0.39, 0.29) is 18.3 Å². The summed E-state index contributed by atoms with van der Waals surface area (Å²) in [7, 11) is 3.44. The van der Waals surface area contributed by atoms with E-state index in [0.29, 0.717) is 5.17 Å². The monoisotopic (exact) mass is 363 g/mol. The Labute approximate surface area is 151 Å². The second-order valence-corrected chi connectivity index (χ2v) is 7.14. The molecular formula is C18H21NO3S2. The van der Waals surface area contributed by atoms with E-state index in [1.807, 2.05) is 19.1 Å². The van der Waals surface area contributed by atoms with Crippen LogP contribution < -0.4 is 5.32 Å². The van der Waals surface area contributed by atoms with E-state index in [2.05, 4.69) is 28.9 Å². The minimum Gasteiger partial charge on any atom is -0.467 e. The standard InChI is InChI=1S/C18H21NO3S2/c1-11-9-13-10-12(6-7-14(13)19-18(23)22-11)16(20-2)17(21-3)15-5-4-8-24-15/h4-8,10-11,16-17H,9H2,1-3H3,(H,19,23). The fourth-order valence-corrected chi connectivity index (χ4v) is 4.13. The third-order valence-electron chi connectivity index (χ3n) is 4.12. The normalized spacial score (nSPS) is 19.6. The van der Waals surface area contributed by atoms with Gasteiger partial charge in [-0.1, -0.05) is 18.2 Å². The van der Waals surface area contributed by atoms with Crippen LogP contribution in [0, 0.1) is 0 Å². The topological polar surface area (TPSA) is 39.7 Å².